The maximum absolute atomic E-state index is 6.32. The van der Waals surface area contributed by atoms with E-state index in [1.807, 2.05) is 0 Å². The molecule has 34 heavy (non-hydrogen) atoms. The Morgan fingerprint density at radius 3 is 2.00 bits per heavy atom. The van der Waals surface area contributed by atoms with Crippen LogP contribution in [0.25, 0.3) is 0 Å². The largest absolute Gasteiger partial charge is 0.477 e. The van der Waals surface area contributed by atoms with Crippen LogP contribution in [0.2, 0.25) is 0 Å². The topological polar surface area (TPSA) is 24.8 Å². The second-order valence-corrected chi connectivity index (χ2v) is 10.9. The summed E-state index contributed by atoms with van der Waals surface area (Å²) in [4.78, 5) is 5.13. The number of nitrogens with zero attached hydrogens (tertiary/aromatic N) is 2. The van der Waals surface area contributed by atoms with Gasteiger partial charge in [-0.3, -0.25) is 0 Å². The molecule has 4 heteroatoms. The van der Waals surface area contributed by atoms with Crippen LogP contribution in [0.3, 0.4) is 0 Å². The molecule has 0 fully saturated rings. The zero-order valence-electron chi connectivity index (χ0n) is 19.0. The zero-order chi connectivity index (χ0) is 22.7. The Balaban J connectivity index is 1.40. The van der Waals surface area contributed by atoms with E-state index >= 15 is 0 Å². The Kier molecular flexibility index (Phi) is 5.87. The molecule has 0 aromatic heterocycles. The third kappa shape index (κ3) is 4.13. The molecule has 168 valence electrons. The number of ether oxygens (including phenoxy) is 1. The first-order chi connectivity index (χ1) is 16.9. The normalized spacial score (nSPS) is 19.1. The summed E-state index contributed by atoms with van der Waals surface area (Å²) in [6.45, 7) is 0.652. The van der Waals surface area contributed by atoms with Gasteiger partial charge in [-0.1, -0.05) is 109 Å². The summed E-state index contributed by atoms with van der Waals surface area (Å²) in [5, 5.41) is 2.68. The van der Waals surface area contributed by atoms with Gasteiger partial charge in [0.2, 0.25) is 5.90 Å². The number of hydrogen-bond acceptors (Lipinski definition) is 3. The van der Waals surface area contributed by atoms with Crippen LogP contribution in [0.4, 0.5) is 5.69 Å². The fourth-order valence-electron chi connectivity index (χ4n) is 4.95. The van der Waals surface area contributed by atoms with Gasteiger partial charge in [0.05, 0.1) is 14.1 Å². The zero-order valence-corrected chi connectivity index (χ0v) is 19.9. The lowest BCUT2D eigenvalue weighted by atomic mass is 10.1. The predicted molar refractivity (Wildman–Crippen MR) is 143 cm³/mol. The molecule has 4 aromatic carbocycles. The molecular weight excluding hydrogens is 435 g/mol. The lowest BCUT2D eigenvalue weighted by molar-refractivity contribution is 0.306. The first-order valence-corrected chi connectivity index (χ1v) is 13.2. The molecular formula is C30H27N2OP. The maximum atomic E-state index is 6.32. The quantitative estimate of drug-likeness (QED) is 0.353. The van der Waals surface area contributed by atoms with Crippen molar-refractivity contribution in [1.82, 2.24) is 0 Å². The summed E-state index contributed by atoms with van der Waals surface area (Å²) in [6.07, 6.45) is 1.84. The number of anilines is 1. The van der Waals surface area contributed by atoms with Crippen LogP contribution < -0.4 is 15.3 Å². The first-order valence-electron chi connectivity index (χ1n) is 11.9. The summed E-state index contributed by atoms with van der Waals surface area (Å²) in [5.74, 6) is 0.886. The van der Waals surface area contributed by atoms with Gasteiger partial charge in [-0.05, 0) is 23.6 Å². The van der Waals surface area contributed by atoms with Crippen molar-refractivity contribution >= 4 is 30.3 Å². The first kappa shape index (κ1) is 21.1. The van der Waals surface area contributed by atoms with Crippen LogP contribution in [0.5, 0.6) is 0 Å². The van der Waals surface area contributed by atoms with Gasteiger partial charge in [-0.25, -0.2) is 4.99 Å². The third-order valence-corrected chi connectivity index (χ3v) is 9.00. The second kappa shape index (κ2) is 9.44. The molecule has 2 aliphatic rings. The van der Waals surface area contributed by atoms with Crippen LogP contribution in [0.15, 0.2) is 120 Å². The van der Waals surface area contributed by atoms with Crippen LogP contribution in [0, 0.1) is 0 Å². The van der Waals surface area contributed by atoms with E-state index in [1.54, 1.807) is 0 Å². The Morgan fingerprint density at radius 1 is 0.735 bits per heavy atom. The summed E-state index contributed by atoms with van der Waals surface area (Å²) in [7, 11) is -0.784. The molecule has 6 rings (SSSR count). The van der Waals surface area contributed by atoms with E-state index in [-0.39, 0.29) is 12.1 Å². The van der Waals surface area contributed by atoms with Gasteiger partial charge >= 0.3 is 0 Å². The van der Waals surface area contributed by atoms with Crippen molar-refractivity contribution in [3.63, 3.8) is 0 Å². The number of fused-ring (bicyclic) bond motifs is 1. The van der Waals surface area contributed by atoms with Crippen molar-refractivity contribution < 1.29 is 4.74 Å². The average molecular weight is 463 g/mol. The number of aliphatic imine (C=N–C) groups is 1. The van der Waals surface area contributed by atoms with E-state index in [0.717, 1.165) is 18.7 Å². The number of hydrogen-bond donors (Lipinski definition) is 0. The highest BCUT2D eigenvalue weighted by molar-refractivity contribution is 7.74. The number of para-hydroxylation sites is 1. The summed E-state index contributed by atoms with van der Waals surface area (Å²) < 4.78 is 8.92. The Labute approximate surface area is 202 Å². The van der Waals surface area contributed by atoms with Gasteiger partial charge in [0.25, 0.3) is 0 Å². The highest BCUT2D eigenvalue weighted by atomic mass is 31.1. The molecule has 4 aromatic rings. The second-order valence-electron chi connectivity index (χ2n) is 8.80. The Morgan fingerprint density at radius 2 is 1.32 bits per heavy atom. The van der Waals surface area contributed by atoms with Crippen molar-refractivity contribution in [3.05, 3.63) is 126 Å². The van der Waals surface area contributed by atoms with Crippen LogP contribution in [0.1, 0.15) is 11.1 Å². The van der Waals surface area contributed by atoms with Gasteiger partial charge in [-0.2, -0.15) is 0 Å². The molecule has 0 amide bonds. The van der Waals surface area contributed by atoms with Gasteiger partial charge < -0.3 is 9.41 Å². The van der Waals surface area contributed by atoms with Crippen LogP contribution in [-0.4, -0.2) is 24.6 Å². The molecule has 2 heterocycles. The molecule has 0 radical (unpaired) electrons. The van der Waals surface area contributed by atoms with E-state index in [9.17, 15) is 0 Å². The highest BCUT2D eigenvalue weighted by Gasteiger charge is 2.41. The molecule has 0 N–H and O–H groups in total. The molecule has 0 saturated carbocycles. The van der Waals surface area contributed by atoms with E-state index < -0.39 is 8.07 Å². The lowest BCUT2D eigenvalue weighted by Crippen LogP contribution is -2.40. The summed E-state index contributed by atoms with van der Waals surface area (Å²) >= 11 is 0. The number of rotatable bonds is 6. The van der Waals surface area contributed by atoms with Gasteiger partial charge in [0.15, 0.2) is 0 Å². The van der Waals surface area contributed by atoms with Crippen molar-refractivity contribution in [2.24, 2.45) is 4.99 Å². The minimum atomic E-state index is -0.784. The van der Waals surface area contributed by atoms with Gasteiger partial charge in [0, 0.05) is 22.7 Å². The van der Waals surface area contributed by atoms with Gasteiger partial charge in [-0.15, -0.1) is 0 Å². The standard InChI is InChI=1S/C30H27N2OP/c1-4-12-23(13-5-1)20-25-22-33-30(31-25)29-21-24-14-10-11-19-28(24)32(29)34(26-15-6-2-7-16-26)27-17-8-3-9-18-27/h1-19,25,29H,20-22H2/t25-,29+/m1/s1. The van der Waals surface area contributed by atoms with E-state index in [2.05, 4.69) is 120 Å². The summed E-state index contributed by atoms with van der Waals surface area (Å²) in [5.41, 5.74) is 3.97. The highest BCUT2D eigenvalue weighted by Crippen LogP contribution is 2.50. The molecule has 2 atom stereocenters. The average Bonchev–Trinajstić information content (AvgIpc) is 3.51. The van der Waals surface area contributed by atoms with Crippen LogP contribution in [-0.2, 0) is 17.6 Å². The SMILES string of the molecule is c1ccc(C[C@@H]2COC([C@@H]3Cc4ccccc4N3P(c3ccccc3)c3ccccc3)=N2)cc1. The molecule has 0 aliphatic carbocycles. The Bertz CT molecular complexity index is 1240. The minimum absolute atomic E-state index is 0.102. The molecule has 0 spiro atoms. The fraction of sp³-hybridized carbons (Fsp3) is 0.167. The van der Waals surface area contributed by atoms with Gasteiger partial charge in [0.1, 0.15) is 12.6 Å². The smallest absolute Gasteiger partial charge is 0.207 e. The van der Waals surface area contributed by atoms with E-state index in [4.69, 9.17) is 9.73 Å². The lowest BCUT2D eigenvalue weighted by Gasteiger charge is -2.35. The monoisotopic (exact) mass is 462 g/mol. The van der Waals surface area contributed by atoms with E-state index in [1.165, 1.54) is 27.4 Å². The van der Waals surface area contributed by atoms with Crippen molar-refractivity contribution in [2.45, 2.75) is 24.9 Å². The third-order valence-electron chi connectivity index (χ3n) is 6.50. The Hall–Kier alpha value is -3.42. The van der Waals surface area contributed by atoms with Crippen molar-refractivity contribution in [3.8, 4) is 0 Å². The van der Waals surface area contributed by atoms with E-state index in [0.29, 0.717) is 6.61 Å². The molecule has 0 bridgehead atoms. The molecule has 2 aliphatic heterocycles. The minimum Gasteiger partial charge on any atom is -0.477 e. The predicted octanol–water partition coefficient (Wildman–Crippen LogP) is 5.51. The number of benzene rings is 4. The van der Waals surface area contributed by atoms with Crippen molar-refractivity contribution in [1.29, 1.82) is 0 Å². The van der Waals surface area contributed by atoms with Crippen molar-refractivity contribution in [2.75, 3.05) is 11.3 Å². The summed E-state index contributed by atoms with van der Waals surface area (Å²) in [6, 6.07) is 41.5. The fourth-order valence-corrected chi connectivity index (χ4v) is 7.53. The van der Waals surface area contributed by atoms with Crippen LogP contribution >= 0.6 is 8.07 Å². The molecule has 3 nitrogen and oxygen atoms in total. The molecule has 0 saturated heterocycles. The maximum Gasteiger partial charge on any atom is 0.207 e. The molecule has 0 unspecified atom stereocenters.